The Kier molecular flexibility index (Phi) is 4.91. The van der Waals surface area contributed by atoms with E-state index in [0.717, 1.165) is 49.0 Å². The summed E-state index contributed by atoms with van der Waals surface area (Å²) < 4.78 is 0. The number of likely N-dealkylation sites (tertiary alicyclic amines) is 1. The SMILES string of the molecule is O=C1CCC(N2C(=O)c3cccc(CN4CCC5CNCCC5C4)c3C2=O)C(=O)N1. The van der Waals surface area contributed by atoms with E-state index in [2.05, 4.69) is 15.5 Å². The standard InChI is InChI=1S/C22H26N4O4/c27-18-5-4-17(20(28)24-18)26-21(29)16-3-1-2-15(19(16)22(26)30)12-25-9-7-13-10-23-8-6-14(13)11-25/h1-3,13-14,17,23H,4-12H2,(H,24,27,28). The molecule has 3 fully saturated rings. The van der Waals surface area contributed by atoms with Crippen LogP contribution in [0.3, 0.4) is 0 Å². The molecule has 0 saturated carbocycles. The molecule has 8 nitrogen and oxygen atoms in total. The topological polar surface area (TPSA) is 98.8 Å². The third-order valence-electron chi connectivity index (χ3n) is 7.02. The molecule has 3 saturated heterocycles. The van der Waals surface area contributed by atoms with Crippen LogP contribution >= 0.6 is 0 Å². The van der Waals surface area contributed by atoms with E-state index in [1.54, 1.807) is 6.07 Å². The number of nitrogens with zero attached hydrogens (tertiary/aromatic N) is 2. The lowest BCUT2D eigenvalue weighted by Gasteiger charge is -2.41. The van der Waals surface area contributed by atoms with E-state index >= 15 is 0 Å². The zero-order chi connectivity index (χ0) is 20.8. The minimum Gasteiger partial charge on any atom is -0.316 e. The molecule has 4 aliphatic heterocycles. The summed E-state index contributed by atoms with van der Waals surface area (Å²) in [6.07, 6.45) is 2.62. The molecule has 4 aliphatic rings. The highest BCUT2D eigenvalue weighted by atomic mass is 16.2. The van der Waals surface area contributed by atoms with Crippen LogP contribution in [0, 0.1) is 11.8 Å². The molecule has 0 radical (unpaired) electrons. The van der Waals surface area contributed by atoms with Gasteiger partial charge in [-0.2, -0.15) is 0 Å². The lowest BCUT2D eigenvalue weighted by atomic mass is 9.81. The maximum Gasteiger partial charge on any atom is 0.262 e. The number of amides is 4. The van der Waals surface area contributed by atoms with Crippen molar-refractivity contribution in [2.75, 3.05) is 26.2 Å². The predicted octanol–water partition coefficient (Wildman–Crippen LogP) is 0.519. The second-order valence-electron chi connectivity index (χ2n) is 8.82. The summed E-state index contributed by atoms with van der Waals surface area (Å²) in [5.74, 6) is -0.401. The van der Waals surface area contributed by atoms with Crippen molar-refractivity contribution in [3.8, 4) is 0 Å². The van der Waals surface area contributed by atoms with Crippen LogP contribution in [-0.2, 0) is 16.1 Å². The van der Waals surface area contributed by atoms with Gasteiger partial charge in [-0.15, -0.1) is 0 Å². The summed E-state index contributed by atoms with van der Waals surface area (Å²) in [7, 11) is 0. The van der Waals surface area contributed by atoms with Gasteiger partial charge in [-0.1, -0.05) is 12.1 Å². The Bertz CT molecular complexity index is 930. The van der Waals surface area contributed by atoms with E-state index in [1.807, 2.05) is 12.1 Å². The molecule has 2 N–H and O–H groups in total. The summed E-state index contributed by atoms with van der Waals surface area (Å²) in [5.41, 5.74) is 1.62. The fraction of sp³-hybridized carbons (Fsp3) is 0.545. The van der Waals surface area contributed by atoms with Gasteiger partial charge in [0.15, 0.2) is 0 Å². The van der Waals surface area contributed by atoms with Crippen molar-refractivity contribution in [2.24, 2.45) is 11.8 Å². The average Bonchev–Trinajstić information content (AvgIpc) is 2.99. The zero-order valence-electron chi connectivity index (χ0n) is 16.9. The first-order valence-corrected chi connectivity index (χ1v) is 10.8. The molecule has 3 atom stereocenters. The minimum absolute atomic E-state index is 0.127. The van der Waals surface area contributed by atoms with Gasteiger partial charge in [0.05, 0.1) is 11.1 Å². The molecular formula is C22H26N4O4. The Morgan fingerprint density at radius 2 is 1.87 bits per heavy atom. The van der Waals surface area contributed by atoms with Crippen LogP contribution in [0.25, 0.3) is 0 Å². The predicted molar refractivity (Wildman–Crippen MR) is 107 cm³/mol. The largest absolute Gasteiger partial charge is 0.316 e. The van der Waals surface area contributed by atoms with Gasteiger partial charge in [0, 0.05) is 19.5 Å². The lowest BCUT2D eigenvalue weighted by molar-refractivity contribution is -0.136. The van der Waals surface area contributed by atoms with E-state index in [0.29, 0.717) is 23.6 Å². The number of rotatable bonds is 3. The van der Waals surface area contributed by atoms with E-state index < -0.39 is 23.8 Å². The minimum atomic E-state index is -0.923. The number of nitrogens with one attached hydrogen (secondary N) is 2. The van der Waals surface area contributed by atoms with E-state index in [9.17, 15) is 19.2 Å². The maximum absolute atomic E-state index is 13.2. The molecule has 0 bridgehead atoms. The summed E-state index contributed by atoms with van der Waals surface area (Å²) in [5, 5.41) is 5.72. The molecule has 4 amide bonds. The van der Waals surface area contributed by atoms with Crippen LogP contribution < -0.4 is 10.6 Å². The van der Waals surface area contributed by atoms with Gasteiger partial charge < -0.3 is 5.32 Å². The van der Waals surface area contributed by atoms with Gasteiger partial charge in [-0.25, -0.2) is 0 Å². The van der Waals surface area contributed by atoms with Crippen molar-refractivity contribution in [3.63, 3.8) is 0 Å². The van der Waals surface area contributed by atoms with Crippen molar-refractivity contribution in [2.45, 2.75) is 38.3 Å². The average molecular weight is 410 g/mol. The molecule has 0 spiro atoms. The number of fused-ring (bicyclic) bond motifs is 2. The summed E-state index contributed by atoms with van der Waals surface area (Å²) >= 11 is 0. The van der Waals surface area contributed by atoms with Gasteiger partial charge in [0.25, 0.3) is 11.8 Å². The second-order valence-corrected chi connectivity index (χ2v) is 8.82. The molecule has 1 aromatic rings. The summed E-state index contributed by atoms with van der Waals surface area (Å²) in [4.78, 5) is 53.4. The quantitative estimate of drug-likeness (QED) is 0.705. The third kappa shape index (κ3) is 3.24. The molecule has 3 unspecified atom stereocenters. The van der Waals surface area contributed by atoms with Crippen molar-refractivity contribution in [1.29, 1.82) is 0 Å². The molecule has 8 heteroatoms. The highest BCUT2D eigenvalue weighted by Crippen LogP contribution is 2.33. The van der Waals surface area contributed by atoms with Crippen LogP contribution in [0.15, 0.2) is 18.2 Å². The fourth-order valence-electron chi connectivity index (χ4n) is 5.43. The number of hydrogen-bond donors (Lipinski definition) is 2. The number of carbonyl (C=O) groups excluding carboxylic acids is 4. The molecule has 0 aromatic heterocycles. The van der Waals surface area contributed by atoms with Crippen LogP contribution in [0.5, 0.6) is 0 Å². The van der Waals surface area contributed by atoms with Crippen LogP contribution in [0.2, 0.25) is 0 Å². The highest BCUT2D eigenvalue weighted by molar-refractivity contribution is 6.24. The molecule has 158 valence electrons. The Balaban J connectivity index is 1.37. The number of piperidine rings is 3. The Hall–Kier alpha value is -2.58. The van der Waals surface area contributed by atoms with Crippen molar-refractivity contribution < 1.29 is 19.2 Å². The highest BCUT2D eigenvalue weighted by Gasteiger charge is 2.45. The van der Waals surface area contributed by atoms with Crippen LogP contribution in [0.4, 0.5) is 0 Å². The number of benzene rings is 1. The molecule has 4 heterocycles. The number of imide groups is 2. The van der Waals surface area contributed by atoms with Crippen molar-refractivity contribution >= 4 is 23.6 Å². The normalized spacial score (nSPS) is 29.6. The Morgan fingerprint density at radius 1 is 1.00 bits per heavy atom. The van der Waals surface area contributed by atoms with Crippen molar-refractivity contribution in [1.82, 2.24) is 20.4 Å². The summed E-state index contributed by atoms with van der Waals surface area (Å²) in [6, 6.07) is 4.45. The molecule has 5 rings (SSSR count). The van der Waals surface area contributed by atoms with Crippen LogP contribution in [0.1, 0.15) is 52.0 Å². The zero-order valence-corrected chi connectivity index (χ0v) is 16.9. The first-order valence-electron chi connectivity index (χ1n) is 10.8. The van der Waals surface area contributed by atoms with Gasteiger partial charge in [0.1, 0.15) is 6.04 Å². The van der Waals surface area contributed by atoms with E-state index in [-0.39, 0.29) is 18.7 Å². The Labute approximate surface area is 175 Å². The maximum atomic E-state index is 13.2. The molecule has 30 heavy (non-hydrogen) atoms. The monoisotopic (exact) mass is 410 g/mol. The van der Waals surface area contributed by atoms with Gasteiger partial charge in [-0.05, 0) is 62.4 Å². The van der Waals surface area contributed by atoms with Gasteiger partial charge in [0.2, 0.25) is 11.8 Å². The molecular weight excluding hydrogens is 384 g/mol. The second kappa shape index (κ2) is 7.59. The first kappa shape index (κ1) is 19.4. The van der Waals surface area contributed by atoms with Crippen LogP contribution in [-0.4, -0.2) is 65.6 Å². The number of hydrogen-bond acceptors (Lipinski definition) is 6. The Morgan fingerprint density at radius 3 is 2.70 bits per heavy atom. The smallest absolute Gasteiger partial charge is 0.262 e. The first-order chi connectivity index (χ1) is 14.5. The van der Waals surface area contributed by atoms with Gasteiger partial charge >= 0.3 is 0 Å². The lowest BCUT2D eigenvalue weighted by Crippen LogP contribution is -2.54. The van der Waals surface area contributed by atoms with Crippen molar-refractivity contribution in [3.05, 3.63) is 34.9 Å². The van der Waals surface area contributed by atoms with Gasteiger partial charge in [-0.3, -0.25) is 34.3 Å². The van der Waals surface area contributed by atoms with E-state index in [1.165, 1.54) is 6.42 Å². The molecule has 0 aliphatic carbocycles. The fourth-order valence-corrected chi connectivity index (χ4v) is 5.43. The van der Waals surface area contributed by atoms with E-state index in [4.69, 9.17) is 0 Å². The molecule has 1 aromatic carbocycles. The number of carbonyl (C=O) groups is 4. The summed E-state index contributed by atoms with van der Waals surface area (Å²) in [6.45, 7) is 4.76. The third-order valence-corrected chi connectivity index (χ3v) is 7.02.